The Hall–Kier alpha value is -0.820. The highest BCUT2D eigenvalue weighted by Crippen LogP contribution is 2.35. The molecule has 0 saturated heterocycles. The van der Waals surface area contributed by atoms with Crippen molar-refractivity contribution < 1.29 is 18.0 Å². The average molecular weight is 231 g/mol. The summed E-state index contributed by atoms with van der Waals surface area (Å²) in [6.07, 6.45) is -4.70. The number of carbonyl (C=O) groups is 1. The van der Waals surface area contributed by atoms with Crippen molar-refractivity contribution in [3.63, 3.8) is 0 Å². The number of nitrogens with two attached hydrogens (primary N) is 1. The smallest absolute Gasteiger partial charge is 0.375 e. The maximum Gasteiger partial charge on any atom is 0.435 e. The topological polar surface area (TPSA) is 56.0 Å². The second-order valence-corrected chi connectivity index (χ2v) is 3.38. The fraction of sp³-hybridized carbons (Fsp3) is 0.200. The van der Waals surface area contributed by atoms with Gasteiger partial charge in [0.25, 0.3) is 5.24 Å². The Kier molecular flexibility index (Phi) is 2.49. The van der Waals surface area contributed by atoms with Crippen molar-refractivity contribution in [2.45, 2.75) is 6.18 Å². The number of hydrogen-bond acceptors (Lipinski definition) is 4. The number of nitrogens with zero attached hydrogens (tertiary/aromatic N) is 1. The number of thiazole rings is 1. The van der Waals surface area contributed by atoms with E-state index in [2.05, 4.69) is 4.98 Å². The van der Waals surface area contributed by atoms with Crippen LogP contribution < -0.4 is 5.73 Å². The van der Waals surface area contributed by atoms with Gasteiger partial charge in [0.1, 0.15) is 4.88 Å². The summed E-state index contributed by atoms with van der Waals surface area (Å²) in [5.41, 5.74) is 3.69. The molecule has 0 aliphatic heterocycles. The molecule has 0 aliphatic rings. The lowest BCUT2D eigenvalue weighted by atomic mass is 10.4. The summed E-state index contributed by atoms with van der Waals surface area (Å²) < 4.78 is 36.3. The predicted molar refractivity (Wildman–Crippen MR) is 41.7 cm³/mol. The van der Waals surface area contributed by atoms with E-state index >= 15 is 0 Å². The molecular weight excluding hydrogens is 229 g/mol. The monoisotopic (exact) mass is 230 g/mol. The van der Waals surface area contributed by atoms with E-state index in [4.69, 9.17) is 17.3 Å². The summed E-state index contributed by atoms with van der Waals surface area (Å²) >= 11 is 5.32. The Morgan fingerprint density at radius 1 is 1.54 bits per heavy atom. The van der Waals surface area contributed by atoms with Crippen molar-refractivity contribution >= 4 is 33.3 Å². The lowest BCUT2D eigenvalue weighted by Crippen LogP contribution is -2.09. The van der Waals surface area contributed by atoms with Gasteiger partial charge >= 0.3 is 6.18 Å². The summed E-state index contributed by atoms with van der Waals surface area (Å²) in [5, 5.41) is -1.54. The molecule has 0 bridgehead atoms. The molecule has 0 amide bonds. The normalized spacial score (nSPS) is 11.7. The van der Waals surface area contributed by atoms with Crippen LogP contribution in [0.5, 0.6) is 0 Å². The van der Waals surface area contributed by atoms with Crippen LogP contribution in [-0.4, -0.2) is 10.2 Å². The molecule has 0 fully saturated rings. The van der Waals surface area contributed by atoms with Crippen molar-refractivity contribution in [3.05, 3.63) is 10.6 Å². The summed E-state index contributed by atoms with van der Waals surface area (Å²) in [7, 11) is 0. The second-order valence-electron chi connectivity index (χ2n) is 2.00. The Morgan fingerprint density at radius 3 is 2.38 bits per heavy atom. The third-order valence-electron chi connectivity index (χ3n) is 1.09. The molecule has 0 spiro atoms. The largest absolute Gasteiger partial charge is 0.435 e. The quantitative estimate of drug-likeness (QED) is 0.752. The minimum atomic E-state index is -4.70. The minimum Gasteiger partial charge on any atom is -0.375 e. The zero-order chi connectivity index (χ0) is 10.2. The van der Waals surface area contributed by atoms with Crippen LogP contribution >= 0.6 is 22.9 Å². The zero-order valence-corrected chi connectivity index (χ0v) is 7.43. The second kappa shape index (κ2) is 3.15. The van der Waals surface area contributed by atoms with Gasteiger partial charge in [0.15, 0.2) is 10.8 Å². The van der Waals surface area contributed by atoms with E-state index in [1.165, 1.54) is 0 Å². The maximum absolute atomic E-state index is 12.1. The number of halogens is 4. The highest BCUT2D eigenvalue weighted by Gasteiger charge is 2.38. The summed E-state index contributed by atoms with van der Waals surface area (Å²) in [6, 6.07) is 0. The number of hydrogen-bond donors (Lipinski definition) is 1. The Balaban J connectivity index is 3.28. The van der Waals surface area contributed by atoms with Gasteiger partial charge in [0.05, 0.1) is 0 Å². The van der Waals surface area contributed by atoms with E-state index < -0.39 is 22.0 Å². The van der Waals surface area contributed by atoms with Crippen LogP contribution in [0.2, 0.25) is 0 Å². The van der Waals surface area contributed by atoms with Crippen LogP contribution in [0.15, 0.2) is 0 Å². The van der Waals surface area contributed by atoms with Crippen molar-refractivity contribution in [3.8, 4) is 0 Å². The van der Waals surface area contributed by atoms with Gasteiger partial charge in [-0.2, -0.15) is 13.2 Å². The minimum absolute atomic E-state index is 0.337. The molecule has 1 aromatic heterocycles. The average Bonchev–Trinajstić information content (AvgIpc) is 2.29. The van der Waals surface area contributed by atoms with Gasteiger partial charge in [0.2, 0.25) is 0 Å². The van der Waals surface area contributed by atoms with E-state index in [9.17, 15) is 18.0 Å². The number of carbonyl (C=O) groups excluding carboxylic acids is 1. The van der Waals surface area contributed by atoms with E-state index in [1.807, 2.05) is 0 Å². The Morgan fingerprint density at radius 2 is 2.08 bits per heavy atom. The predicted octanol–water partition coefficient (Wildman–Crippen LogP) is 2.12. The maximum atomic E-state index is 12.1. The lowest BCUT2D eigenvalue weighted by Gasteiger charge is -2.02. The van der Waals surface area contributed by atoms with Crippen LogP contribution in [0.1, 0.15) is 15.4 Å². The summed E-state index contributed by atoms with van der Waals surface area (Å²) in [6.45, 7) is 0. The number of anilines is 1. The number of nitrogen functional groups attached to an aromatic ring is 1. The molecule has 72 valence electrons. The first-order valence-corrected chi connectivity index (χ1v) is 4.05. The standard InChI is InChI=1S/C5H2ClF3N2OS/c6-3(12)1-2(5(7,8)9)11-4(10)13-1/h(H2,10,11). The molecular formula is C5H2ClF3N2OS. The van der Waals surface area contributed by atoms with E-state index in [0.717, 1.165) is 0 Å². The third-order valence-corrected chi connectivity index (χ3v) is 2.28. The van der Waals surface area contributed by atoms with E-state index in [1.54, 1.807) is 0 Å². The fourth-order valence-electron chi connectivity index (χ4n) is 0.662. The molecule has 0 aliphatic carbocycles. The van der Waals surface area contributed by atoms with Crippen LogP contribution in [0.3, 0.4) is 0 Å². The first kappa shape index (κ1) is 10.3. The van der Waals surface area contributed by atoms with Crippen LogP contribution in [0, 0.1) is 0 Å². The molecule has 0 saturated carbocycles. The molecule has 0 radical (unpaired) electrons. The van der Waals surface area contributed by atoms with E-state index in [-0.39, 0.29) is 5.13 Å². The summed E-state index contributed by atoms with van der Waals surface area (Å²) in [5.74, 6) is 0. The first-order valence-electron chi connectivity index (χ1n) is 2.85. The molecule has 0 aromatic carbocycles. The molecule has 2 N–H and O–H groups in total. The molecule has 0 atom stereocenters. The molecule has 1 aromatic rings. The van der Waals surface area contributed by atoms with Gasteiger partial charge in [-0.3, -0.25) is 4.79 Å². The van der Waals surface area contributed by atoms with Gasteiger partial charge in [-0.25, -0.2) is 4.98 Å². The molecule has 1 rings (SSSR count). The lowest BCUT2D eigenvalue weighted by molar-refractivity contribution is -0.140. The van der Waals surface area contributed by atoms with Crippen LogP contribution in [-0.2, 0) is 6.18 Å². The van der Waals surface area contributed by atoms with Gasteiger partial charge in [-0.15, -0.1) is 0 Å². The molecule has 13 heavy (non-hydrogen) atoms. The molecule has 1 heterocycles. The highest BCUT2D eigenvalue weighted by atomic mass is 35.5. The van der Waals surface area contributed by atoms with Gasteiger partial charge in [-0.1, -0.05) is 11.3 Å². The fourth-order valence-corrected chi connectivity index (χ4v) is 1.55. The molecule has 0 unspecified atom stereocenters. The third kappa shape index (κ3) is 2.10. The van der Waals surface area contributed by atoms with Crippen LogP contribution in [0.25, 0.3) is 0 Å². The van der Waals surface area contributed by atoms with Crippen LogP contribution in [0.4, 0.5) is 18.3 Å². The zero-order valence-electron chi connectivity index (χ0n) is 5.85. The summed E-state index contributed by atoms with van der Waals surface area (Å²) in [4.78, 5) is 12.8. The highest BCUT2D eigenvalue weighted by molar-refractivity contribution is 7.19. The van der Waals surface area contributed by atoms with Gasteiger partial charge in [0, 0.05) is 0 Å². The Labute approximate surface area is 79.3 Å². The van der Waals surface area contributed by atoms with E-state index in [0.29, 0.717) is 11.3 Å². The van der Waals surface area contributed by atoms with Crippen molar-refractivity contribution in [2.75, 3.05) is 5.73 Å². The van der Waals surface area contributed by atoms with Crippen molar-refractivity contribution in [1.29, 1.82) is 0 Å². The first-order chi connectivity index (χ1) is 5.82. The number of aromatic nitrogens is 1. The number of alkyl halides is 3. The number of rotatable bonds is 1. The molecule has 3 nitrogen and oxygen atoms in total. The molecule has 8 heteroatoms. The van der Waals surface area contributed by atoms with Crippen molar-refractivity contribution in [1.82, 2.24) is 4.98 Å². The SMILES string of the molecule is Nc1nc(C(F)(F)F)c(C(=O)Cl)s1. The van der Waals surface area contributed by atoms with Gasteiger partial charge < -0.3 is 5.73 Å². The van der Waals surface area contributed by atoms with Crippen molar-refractivity contribution in [2.24, 2.45) is 0 Å². The van der Waals surface area contributed by atoms with Gasteiger partial charge in [-0.05, 0) is 11.6 Å². The Bertz CT molecular complexity index is 348.